The van der Waals surface area contributed by atoms with E-state index < -0.39 is 23.6 Å². The van der Waals surface area contributed by atoms with Crippen molar-refractivity contribution in [3.63, 3.8) is 0 Å². The number of rotatable bonds is 2. The van der Waals surface area contributed by atoms with Gasteiger partial charge in [-0.1, -0.05) is 0 Å². The zero-order valence-corrected chi connectivity index (χ0v) is 7.08. The number of hydrogen-bond donors (Lipinski definition) is 2. The van der Waals surface area contributed by atoms with Crippen LogP contribution in [0.1, 0.15) is 10.4 Å². The zero-order chi connectivity index (χ0) is 11.6. The molecule has 0 aromatic heterocycles. The number of halogens is 3. The molecular weight excluding hydrogens is 217 g/mol. The maximum Gasteiger partial charge on any atom is 0.573 e. The average molecular weight is 222 g/mol. The number of carbonyl (C=O) groups is 1. The largest absolute Gasteiger partial charge is 0.573 e. The van der Waals surface area contributed by atoms with Crippen LogP contribution in [-0.2, 0) is 0 Å². The maximum atomic E-state index is 11.8. The second-order valence-electron chi connectivity index (χ2n) is 2.52. The second-order valence-corrected chi connectivity index (χ2v) is 2.52. The van der Waals surface area contributed by atoms with Gasteiger partial charge in [0.1, 0.15) is 0 Å². The van der Waals surface area contributed by atoms with Gasteiger partial charge in [-0.15, -0.1) is 13.2 Å². The number of carbonyl (C=O) groups excluding carboxylic acids is 1. The quantitative estimate of drug-likeness (QED) is 0.591. The maximum absolute atomic E-state index is 11.8. The Bertz CT molecular complexity index is 386. The van der Waals surface area contributed by atoms with Gasteiger partial charge >= 0.3 is 6.36 Å². The SMILES string of the molecule is O=Cc1ccc(OC(F)(F)F)c(O)c1O. The normalized spacial score (nSPS) is 11.1. The van der Waals surface area contributed by atoms with Crippen molar-refractivity contribution < 1.29 is 32.9 Å². The van der Waals surface area contributed by atoms with E-state index in [2.05, 4.69) is 4.74 Å². The predicted molar refractivity (Wildman–Crippen MR) is 41.8 cm³/mol. The number of benzene rings is 1. The minimum Gasteiger partial charge on any atom is -0.504 e. The van der Waals surface area contributed by atoms with E-state index in [-0.39, 0.29) is 11.8 Å². The molecule has 0 saturated carbocycles. The first-order valence-corrected chi connectivity index (χ1v) is 3.61. The molecule has 15 heavy (non-hydrogen) atoms. The Hall–Kier alpha value is -1.92. The van der Waals surface area contributed by atoms with E-state index in [0.29, 0.717) is 0 Å². The van der Waals surface area contributed by atoms with E-state index in [9.17, 15) is 18.0 Å². The number of aldehydes is 1. The van der Waals surface area contributed by atoms with Crippen molar-refractivity contribution in [2.75, 3.05) is 0 Å². The van der Waals surface area contributed by atoms with Gasteiger partial charge in [-0.25, -0.2) is 0 Å². The third-order valence-corrected chi connectivity index (χ3v) is 1.50. The Balaban J connectivity index is 3.12. The first kappa shape index (κ1) is 11.2. The number of alkyl halides is 3. The van der Waals surface area contributed by atoms with Gasteiger partial charge in [-0.05, 0) is 12.1 Å². The van der Waals surface area contributed by atoms with Gasteiger partial charge in [0.2, 0.25) is 5.75 Å². The van der Waals surface area contributed by atoms with E-state index in [1.165, 1.54) is 0 Å². The van der Waals surface area contributed by atoms with Crippen LogP contribution in [0, 0.1) is 0 Å². The highest BCUT2D eigenvalue weighted by Gasteiger charge is 2.33. The van der Waals surface area contributed by atoms with Crippen LogP contribution in [0.15, 0.2) is 12.1 Å². The molecule has 0 fully saturated rings. The highest BCUT2D eigenvalue weighted by Crippen LogP contribution is 2.39. The molecule has 4 nitrogen and oxygen atoms in total. The van der Waals surface area contributed by atoms with Crippen LogP contribution in [-0.4, -0.2) is 22.9 Å². The Kier molecular flexibility index (Phi) is 2.74. The number of aromatic hydroxyl groups is 2. The van der Waals surface area contributed by atoms with Crippen molar-refractivity contribution in [3.8, 4) is 17.2 Å². The Labute approximate surface area is 81.5 Å². The summed E-state index contributed by atoms with van der Waals surface area (Å²) in [6.07, 6.45) is -4.79. The van der Waals surface area contributed by atoms with E-state index >= 15 is 0 Å². The van der Waals surface area contributed by atoms with Crippen LogP contribution < -0.4 is 4.74 Å². The molecule has 0 atom stereocenters. The molecule has 0 aliphatic rings. The molecule has 0 unspecified atom stereocenters. The van der Waals surface area contributed by atoms with Gasteiger partial charge in [-0.3, -0.25) is 4.79 Å². The lowest BCUT2D eigenvalue weighted by atomic mass is 10.2. The molecule has 0 heterocycles. The fourth-order valence-corrected chi connectivity index (χ4v) is 0.879. The number of phenols is 2. The molecular formula is C8H5F3O4. The molecule has 0 bridgehead atoms. The molecule has 0 saturated heterocycles. The highest BCUT2D eigenvalue weighted by atomic mass is 19.4. The fourth-order valence-electron chi connectivity index (χ4n) is 0.879. The van der Waals surface area contributed by atoms with E-state index in [1.54, 1.807) is 0 Å². The molecule has 7 heteroatoms. The molecule has 0 spiro atoms. The number of hydrogen-bond acceptors (Lipinski definition) is 4. The standard InChI is InChI=1S/C8H5F3O4/c9-8(10,11)15-5-2-1-4(3-12)6(13)7(5)14/h1-3,13-14H. The molecule has 0 aliphatic heterocycles. The van der Waals surface area contributed by atoms with Gasteiger partial charge < -0.3 is 14.9 Å². The highest BCUT2D eigenvalue weighted by molar-refractivity contribution is 5.81. The van der Waals surface area contributed by atoms with E-state index in [4.69, 9.17) is 10.2 Å². The lowest BCUT2D eigenvalue weighted by Crippen LogP contribution is -2.17. The van der Waals surface area contributed by atoms with Crippen molar-refractivity contribution in [2.24, 2.45) is 0 Å². The summed E-state index contributed by atoms with van der Waals surface area (Å²) in [6.45, 7) is 0. The third-order valence-electron chi connectivity index (χ3n) is 1.50. The summed E-state index contributed by atoms with van der Waals surface area (Å²) in [7, 11) is 0. The van der Waals surface area contributed by atoms with Crippen LogP contribution in [0.4, 0.5) is 13.2 Å². The van der Waals surface area contributed by atoms with Gasteiger partial charge in [0, 0.05) is 0 Å². The van der Waals surface area contributed by atoms with Crippen molar-refractivity contribution in [2.45, 2.75) is 6.36 Å². The van der Waals surface area contributed by atoms with Crippen LogP contribution >= 0.6 is 0 Å². The molecule has 82 valence electrons. The molecule has 1 rings (SSSR count). The van der Waals surface area contributed by atoms with E-state index in [1.807, 2.05) is 0 Å². The number of ether oxygens (including phenoxy) is 1. The summed E-state index contributed by atoms with van der Waals surface area (Å²) >= 11 is 0. The topological polar surface area (TPSA) is 66.8 Å². The van der Waals surface area contributed by atoms with Gasteiger partial charge in [0.15, 0.2) is 17.8 Å². The Morgan fingerprint density at radius 3 is 2.27 bits per heavy atom. The molecule has 0 amide bonds. The molecule has 0 aliphatic carbocycles. The summed E-state index contributed by atoms with van der Waals surface area (Å²) in [6, 6.07) is 1.62. The monoisotopic (exact) mass is 222 g/mol. The lowest BCUT2D eigenvalue weighted by Gasteiger charge is -2.11. The zero-order valence-electron chi connectivity index (χ0n) is 7.08. The van der Waals surface area contributed by atoms with Crippen LogP contribution in [0.3, 0.4) is 0 Å². The van der Waals surface area contributed by atoms with Gasteiger partial charge in [-0.2, -0.15) is 0 Å². The first-order valence-electron chi connectivity index (χ1n) is 3.61. The van der Waals surface area contributed by atoms with Crippen LogP contribution in [0.5, 0.6) is 17.2 Å². The van der Waals surface area contributed by atoms with Crippen molar-refractivity contribution in [3.05, 3.63) is 17.7 Å². The Morgan fingerprint density at radius 1 is 1.20 bits per heavy atom. The molecule has 1 aromatic carbocycles. The lowest BCUT2D eigenvalue weighted by molar-refractivity contribution is -0.275. The summed E-state index contributed by atoms with van der Waals surface area (Å²) in [4.78, 5) is 10.2. The molecule has 2 N–H and O–H groups in total. The van der Waals surface area contributed by atoms with Crippen molar-refractivity contribution >= 4 is 6.29 Å². The fraction of sp³-hybridized carbons (Fsp3) is 0.125. The summed E-state index contributed by atoms with van der Waals surface area (Å²) in [5.41, 5.74) is -0.331. The molecule has 1 aromatic rings. The smallest absolute Gasteiger partial charge is 0.504 e. The first-order chi connectivity index (χ1) is 6.85. The summed E-state index contributed by atoms with van der Waals surface area (Å²) < 4.78 is 38.6. The third kappa shape index (κ3) is 2.52. The van der Waals surface area contributed by atoms with Crippen molar-refractivity contribution in [1.29, 1.82) is 0 Å². The van der Waals surface area contributed by atoms with Crippen molar-refractivity contribution in [1.82, 2.24) is 0 Å². The minimum atomic E-state index is -4.98. The Morgan fingerprint density at radius 2 is 1.80 bits per heavy atom. The summed E-state index contributed by atoms with van der Waals surface area (Å²) in [5.74, 6) is -3.05. The predicted octanol–water partition coefficient (Wildman–Crippen LogP) is 1.81. The van der Waals surface area contributed by atoms with Crippen LogP contribution in [0.2, 0.25) is 0 Å². The summed E-state index contributed by atoms with van der Waals surface area (Å²) in [5, 5.41) is 18.1. The second kappa shape index (κ2) is 3.68. The van der Waals surface area contributed by atoms with Crippen LogP contribution in [0.25, 0.3) is 0 Å². The average Bonchev–Trinajstić information content (AvgIpc) is 2.11. The number of phenolic OH excluding ortho intramolecular Hbond substituents is 2. The van der Waals surface area contributed by atoms with Gasteiger partial charge in [0.25, 0.3) is 0 Å². The molecule has 0 radical (unpaired) electrons. The van der Waals surface area contributed by atoms with Gasteiger partial charge in [0.05, 0.1) is 5.56 Å². The van der Waals surface area contributed by atoms with E-state index in [0.717, 1.165) is 12.1 Å². The minimum absolute atomic E-state index is 0.187.